The molecule has 0 bridgehead atoms. The molecule has 146 valence electrons. The van der Waals surface area contributed by atoms with Crippen molar-refractivity contribution in [3.05, 3.63) is 68.3 Å². The normalized spacial score (nSPS) is 14.8. The molecule has 2 heterocycles. The summed E-state index contributed by atoms with van der Waals surface area (Å²) in [6, 6.07) is 11.5. The molecule has 1 aliphatic heterocycles. The highest BCUT2D eigenvalue weighted by atomic mass is 127. The molecule has 0 spiro atoms. The first-order chi connectivity index (χ1) is 13.4. The van der Waals surface area contributed by atoms with Crippen LogP contribution in [-0.2, 0) is 19.1 Å². The molecule has 0 radical (unpaired) electrons. The number of halogens is 1. The molecule has 0 fully saturated rings. The summed E-state index contributed by atoms with van der Waals surface area (Å²) in [6.45, 7) is 3.53. The summed E-state index contributed by atoms with van der Waals surface area (Å²) in [5.41, 5.74) is 2.75. The lowest BCUT2D eigenvalue weighted by Crippen LogP contribution is -2.31. The molecule has 1 N–H and O–H groups in total. The monoisotopic (exact) mass is 493 g/mol. The predicted octanol–water partition coefficient (Wildman–Crippen LogP) is 4.13. The van der Waals surface area contributed by atoms with Gasteiger partial charge in [0.1, 0.15) is 11.5 Å². The molecule has 1 aliphatic rings. The van der Waals surface area contributed by atoms with Crippen LogP contribution < -0.4 is 5.32 Å². The fourth-order valence-corrected chi connectivity index (χ4v) is 3.68. The van der Waals surface area contributed by atoms with Crippen molar-refractivity contribution in [2.45, 2.75) is 19.8 Å². The minimum absolute atomic E-state index is 0.317. The Kier molecular flexibility index (Phi) is 5.93. The number of dihydropyridines is 1. The highest BCUT2D eigenvalue weighted by molar-refractivity contribution is 14.1. The molecule has 2 aromatic rings. The molecule has 1 aromatic carbocycles. The minimum Gasteiger partial charge on any atom is -0.466 e. The van der Waals surface area contributed by atoms with Crippen molar-refractivity contribution in [3.63, 3.8) is 0 Å². The first kappa shape index (κ1) is 20.2. The number of hydrogen-bond donors (Lipinski definition) is 1. The molecule has 7 heteroatoms. The third-order valence-corrected chi connectivity index (χ3v) is 5.33. The molecule has 1 aromatic heterocycles. The molecule has 0 atom stereocenters. The summed E-state index contributed by atoms with van der Waals surface area (Å²) in [7, 11) is 2.61. The first-order valence-electron chi connectivity index (χ1n) is 8.58. The van der Waals surface area contributed by atoms with Crippen molar-refractivity contribution in [1.82, 2.24) is 5.32 Å². The Morgan fingerprint density at radius 2 is 1.46 bits per heavy atom. The third-order valence-electron chi connectivity index (χ3n) is 4.61. The summed E-state index contributed by atoms with van der Waals surface area (Å²) in [5, 5.41) is 3.07. The van der Waals surface area contributed by atoms with Gasteiger partial charge in [0.2, 0.25) is 0 Å². The number of rotatable bonds is 4. The van der Waals surface area contributed by atoms with Gasteiger partial charge < -0.3 is 19.2 Å². The van der Waals surface area contributed by atoms with E-state index >= 15 is 0 Å². The van der Waals surface area contributed by atoms with Crippen LogP contribution in [0.4, 0.5) is 0 Å². The summed E-state index contributed by atoms with van der Waals surface area (Å²) in [6.07, 6.45) is 0. The van der Waals surface area contributed by atoms with Crippen LogP contribution in [0.15, 0.2) is 63.4 Å². The van der Waals surface area contributed by atoms with E-state index in [1.165, 1.54) is 14.2 Å². The van der Waals surface area contributed by atoms with Crippen LogP contribution >= 0.6 is 22.6 Å². The molecular weight excluding hydrogens is 473 g/mol. The average molecular weight is 493 g/mol. The van der Waals surface area contributed by atoms with E-state index in [2.05, 4.69) is 27.9 Å². The number of nitrogens with one attached hydrogen (secondary N) is 1. The van der Waals surface area contributed by atoms with Crippen LogP contribution in [0.3, 0.4) is 0 Å². The second kappa shape index (κ2) is 8.22. The maximum absolute atomic E-state index is 12.5. The van der Waals surface area contributed by atoms with Gasteiger partial charge in [-0.2, -0.15) is 0 Å². The number of allylic oxidation sites excluding steroid dienone is 2. The Morgan fingerprint density at radius 3 is 1.96 bits per heavy atom. The van der Waals surface area contributed by atoms with Crippen LogP contribution in [0.25, 0.3) is 11.3 Å². The van der Waals surface area contributed by atoms with Crippen LogP contribution in [0.2, 0.25) is 0 Å². The Labute approximate surface area is 176 Å². The summed E-state index contributed by atoms with van der Waals surface area (Å²) in [4.78, 5) is 25.0. The van der Waals surface area contributed by atoms with Gasteiger partial charge in [-0.05, 0) is 60.7 Å². The molecule has 0 saturated heterocycles. The van der Waals surface area contributed by atoms with E-state index in [0.717, 1.165) is 9.13 Å². The number of esters is 2. The van der Waals surface area contributed by atoms with Crippen LogP contribution in [0.1, 0.15) is 25.5 Å². The van der Waals surface area contributed by atoms with Gasteiger partial charge in [0.05, 0.1) is 31.3 Å². The van der Waals surface area contributed by atoms with E-state index in [1.807, 2.05) is 30.3 Å². The van der Waals surface area contributed by atoms with Crippen LogP contribution in [0.5, 0.6) is 0 Å². The molecule has 6 nitrogen and oxygen atoms in total. The Morgan fingerprint density at radius 1 is 0.929 bits per heavy atom. The van der Waals surface area contributed by atoms with Crippen LogP contribution in [0, 0.1) is 3.57 Å². The zero-order chi connectivity index (χ0) is 20.4. The van der Waals surface area contributed by atoms with E-state index in [4.69, 9.17) is 13.9 Å². The lowest BCUT2D eigenvalue weighted by Gasteiger charge is -2.28. The highest BCUT2D eigenvalue weighted by Crippen LogP contribution is 2.41. The summed E-state index contributed by atoms with van der Waals surface area (Å²) in [5.74, 6) is -0.672. The van der Waals surface area contributed by atoms with E-state index in [-0.39, 0.29) is 0 Å². The quantitative estimate of drug-likeness (QED) is 0.510. The second-order valence-corrected chi connectivity index (χ2v) is 7.57. The molecule has 28 heavy (non-hydrogen) atoms. The number of benzene rings is 1. The summed E-state index contributed by atoms with van der Waals surface area (Å²) >= 11 is 2.24. The number of methoxy groups -OCH3 is 2. The molecule has 0 unspecified atom stereocenters. The fourth-order valence-electron chi connectivity index (χ4n) is 3.32. The lowest BCUT2D eigenvalue weighted by atomic mass is 9.83. The van der Waals surface area contributed by atoms with Gasteiger partial charge in [-0.15, -0.1) is 0 Å². The number of ether oxygens (including phenoxy) is 2. The zero-order valence-corrected chi connectivity index (χ0v) is 18.1. The molecular formula is C21H20INO5. The Bertz CT molecular complexity index is 946. The first-order valence-corrected chi connectivity index (χ1v) is 9.66. The number of hydrogen-bond acceptors (Lipinski definition) is 6. The maximum Gasteiger partial charge on any atom is 0.336 e. The SMILES string of the molecule is COC(=O)C1=C(C)NC(C)=C(C(=O)OC)C1c1ccc(-c2ccc(I)cc2)o1. The average Bonchev–Trinajstić information content (AvgIpc) is 3.16. The largest absolute Gasteiger partial charge is 0.466 e. The molecule has 0 saturated carbocycles. The van der Waals surface area contributed by atoms with Gasteiger partial charge in [-0.1, -0.05) is 12.1 Å². The van der Waals surface area contributed by atoms with Crippen molar-refractivity contribution in [2.24, 2.45) is 0 Å². The van der Waals surface area contributed by atoms with E-state index < -0.39 is 17.9 Å². The number of carbonyl (C=O) groups is 2. The van der Waals surface area contributed by atoms with E-state index in [1.54, 1.807) is 19.9 Å². The standard InChI is InChI=1S/C21H20INO5/c1-11-17(20(24)26-3)19(18(12(2)23-11)21(25)27-4)16-10-9-15(28-16)13-5-7-14(22)8-6-13/h5-10,19,23H,1-4H3. The van der Waals surface area contributed by atoms with Crippen molar-refractivity contribution in [3.8, 4) is 11.3 Å². The van der Waals surface area contributed by atoms with Crippen LogP contribution in [-0.4, -0.2) is 26.2 Å². The van der Waals surface area contributed by atoms with Gasteiger partial charge in [0.25, 0.3) is 0 Å². The smallest absolute Gasteiger partial charge is 0.336 e. The van der Waals surface area contributed by atoms with Crippen molar-refractivity contribution in [1.29, 1.82) is 0 Å². The zero-order valence-electron chi connectivity index (χ0n) is 16.0. The lowest BCUT2D eigenvalue weighted by molar-refractivity contribution is -0.137. The van der Waals surface area contributed by atoms with Crippen molar-refractivity contribution < 1.29 is 23.5 Å². The topological polar surface area (TPSA) is 77.8 Å². The van der Waals surface area contributed by atoms with E-state index in [0.29, 0.717) is 34.1 Å². The number of furan rings is 1. The summed E-state index contributed by atoms with van der Waals surface area (Å²) < 4.78 is 17.1. The van der Waals surface area contributed by atoms with E-state index in [9.17, 15) is 9.59 Å². The Balaban J connectivity index is 2.13. The third kappa shape index (κ3) is 3.71. The molecule has 0 aliphatic carbocycles. The van der Waals surface area contributed by atoms with Gasteiger partial charge in [-0.25, -0.2) is 9.59 Å². The predicted molar refractivity (Wildman–Crippen MR) is 112 cm³/mol. The minimum atomic E-state index is -0.723. The molecule has 3 rings (SSSR count). The van der Waals surface area contributed by atoms with Crippen molar-refractivity contribution >= 4 is 34.5 Å². The molecule has 0 amide bonds. The van der Waals surface area contributed by atoms with Gasteiger partial charge in [0.15, 0.2) is 0 Å². The van der Waals surface area contributed by atoms with Gasteiger partial charge >= 0.3 is 11.9 Å². The van der Waals surface area contributed by atoms with Crippen molar-refractivity contribution in [2.75, 3.05) is 14.2 Å². The Hall–Kier alpha value is -2.55. The maximum atomic E-state index is 12.5. The highest BCUT2D eigenvalue weighted by Gasteiger charge is 2.39. The second-order valence-electron chi connectivity index (χ2n) is 6.33. The fraction of sp³-hybridized carbons (Fsp3) is 0.238. The van der Waals surface area contributed by atoms with Gasteiger partial charge in [0, 0.05) is 20.5 Å². The number of carbonyl (C=O) groups excluding carboxylic acids is 2. The van der Waals surface area contributed by atoms with Gasteiger partial charge in [-0.3, -0.25) is 0 Å².